The molecular weight excluding hydrogens is 138 g/mol. The Kier molecular flexibility index (Phi) is 1.85. The van der Waals surface area contributed by atoms with Gasteiger partial charge in [0.15, 0.2) is 0 Å². The lowest BCUT2D eigenvalue weighted by atomic mass is 10.2. The van der Waals surface area contributed by atoms with E-state index in [1.807, 2.05) is 0 Å². The van der Waals surface area contributed by atoms with E-state index in [2.05, 4.69) is 0 Å². The van der Waals surface area contributed by atoms with Gasteiger partial charge in [-0.15, -0.1) is 0 Å². The van der Waals surface area contributed by atoms with Crippen molar-refractivity contribution in [3.8, 4) is 5.75 Å². The van der Waals surface area contributed by atoms with E-state index >= 15 is 0 Å². The zero-order valence-electron chi connectivity index (χ0n) is 5.01. The first kappa shape index (κ1) is 6.99. The highest BCUT2D eigenvalue weighted by Gasteiger charge is 2.12. The first-order valence-electron chi connectivity index (χ1n) is 2.68. The van der Waals surface area contributed by atoms with Gasteiger partial charge in [-0.1, -0.05) is 12.1 Å². The summed E-state index contributed by atoms with van der Waals surface area (Å²) in [5.74, 6) is -0.387. The van der Waals surface area contributed by atoms with Crippen LogP contribution in [0.2, 0.25) is 0 Å². The molecule has 0 aliphatic rings. The van der Waals surface area contributed by atoms with Gasteiger partial charge in [-0.2, -0.15) is 8.78 Å². The third kappa shape index (κ3) is 1.23. The largest absolute Gasteiger partial charge is 0.507 e. The first-order valence-corrected chi connectivity index (χ1v) is 2.68. The van der Waals surface area contributed by atoms with Crippen LogP contribution in [0, 0.1) is 6.43 Å². The number of halogens is 2. The number of hydrogen-bond acceptors (Lipinski definition) is 1. The average Bonchev–Trinajstić information content (AvgIpc) is 1.88. The lowest BCUT2D eigenvalue weighted by Crippen LogP contribution is -1.83. The van der Waals surface area contributed by atoms with E-state index in [4.69, 9.17) is 5.11 Å². The van der Waals surface area contributed by atoms with E-state index in [1.54, 1.807) is 0 Å². The van der Waals surface area contributed by atoms with Crippen molar-refractivity contribution in [1.82, 2.24) is 0 Å². The predicted octanol–water partition coefficient (Wildman–Crippen LogP) is 2.17. The lowest BCUT2D eigenvalue weighted by molar-refractivity contribution is 0.316. The van der Waals surface area contributed by atoms with Crippen molar-refractivity contribution in [3.63, 3.8) is 0 Å². The molecule has 1 N–H and O–H groups in total. The van der Waals surface area contributed by atoms with Gasteiger partial charge in [-0.3, -0.25) is 0 Å². The highest BCUT2D eigenvalue weighted by molar-refractivity contribution is 5.37. The molecule has 0 saturated heterocycles. The van der Waals surface area contributed by atoms with E-state index in [0.29, 0.717) is 0 Å². The van der Waals surface area contributed by atoms with E-state index < -0.39 is 12.0 Å². The number of phenolic OH excluding ortho intramolecular Hbond substituents is 1. The summed E-state index contributed by atoms with van der Waals surface area (Å²) in [4.78, 5) is 0. The van der Waals surface area contributed by atoms with Gasteiger partial charge < -0.3 is 5.11 Å². The van der Waals surface area contributed by atoms with Crippen LogP contribution in [0.5, 0.6) is 5.75 Å². The molecule has 0 atom stereocenters. The number of benzene rings is 1. The molecule has 0 fully saturated rings. The Labute approximate surface area is 56.9 Å². The van der Waals surface area contributed by atoms with Gasteiger partial charge >= 0.3 is 6.43 Å². The molecule has 0 unspecified atom stereocenters. The smallest absolute Gasteiger partial charge is 0.343 e. The van der Waals surface area contributed by atoms with Crippen molar-refractivity contribution in [2.24, 2.45) is 0 Å². The molecular formula is C7H5F2O. The summed E-state index contributed by atoms with van der Waals surface area (Å²) in [5.41, 5.74) is -0.400. The Bertz CT molecular complexity index is 223. The minimum atomic E-state index is -1.86. The van der Waals surface area contributed by atoms with Crippen LogP contribution < -0.4 is 0 Å². The SMILES string of the molecule is Oc1ccccc1[C](F)F. The van der Waals surface area contributed by atoms with Gasteiger partial charge in [0.25, 0.3) is 0 Å². The summed E-state index contributed by atoms with van der Waals surface area (Å²) in [6.07, 6.45) is -1.86. The summed E-state index contributed by atoms with van der Waals surface area (Å²) >= 11 is 0. The molecule has 0 amide bonds. The van der Waals surface area contributed by atoms with E-state index in [1.165, 1.54) is 18.2 Å². The molecule has 0 heterocycles. The monoisotopic (exact) mass is 143 g/mol. The summed E-state index contributed by atoms with van der Waals surface area (Å²) in [5, 5.41) is 8.78. The van der Waals surface area contributed by atoms with Crippen molar-refractivity contribution in [3.05, 3.63) is 36.3 Å². The molecule has 0 aliphatic heterocycles. The Morgan fingerprint density at radius 1 is 1.20 bits per heavy atom. The van der Waals surface area contributed by atoms with Gasteiger partial charge in [0.1, 0.15) is 5.75 Å². The lowest BCUT2D eigenvalue weighted by Gasteiger charge is -1.98. The second-order valence-electron chi connectivity index (χ2n) is 1.78. The second kappa shape index (κ2) is 2.64. The van der Waals surface area contributed by atoms with E-state index in [-0.39, 0.29) is 5.75 Å². The molecule has 1 aromatic carbocycles. The Morgan fingerprint density at radius 2 is 1.80 bits per heavy atom. The number of aromatic hydroxyl groups is 1. The standard InChI is InChI=1S/C7H5F2O/c8-7(9)5-3-1-2-4-6(5)10/h1-4,10H. The normalized spacial score (nSPS) is 10.3. The fraction of sp³-hybridized carbons (Fsp3) is 0. The summed E-state index contributed by atoms with van der Waals surface area (Å²) < 4.78 is 23.6. The van der Waals surface area contributed by atoms with Crippen LogP contribution in [0.15, 0.2) is 24.3 Å². The van der Waals surface area contributed by atoms with E-state index in [0.717, 1.165) is 6.07 Å². The highest BCUT2D eigenvalue weighted by atomic mass is 19.3. The first-order chi connectivity index (χ1) is 4.72. The van der Waals surface area contributed by atoms with Crippen molar-refractivity contribution >= 4 is 0 Å². The molecule has 1 nitrogen and oxygen atoms in total. The molecule has 0 saturated carbocycles. The van der Waals surface area contributed by atoms with Gasteiger partial charge in [-0.25, -0.2) is 0 Å². The van der Waals surface area contributed by atoms with Crippen molar-refractivity contribution < 1.29 is 13.9 Å². The van der Waals surface area contributed by atoms with Crippen LogP contribution in [0.1, 0.15) is 5.56 Å². The quantitative estimate of drug-likeness (QED) is 0.638. The van der Waals surface area contributed by atoms with Gasteiger partial charge in [0, 0.05) is 0 Å². The summed E-state index contributed by atoms with van der Waals surface area (Å²) in [7, 11) is 0. The van der Waals surface area contributed by atoms with Gasteiger partial charge in [0.2, 0.25) is 0 Å². The summed E-state index contributed by atoms with van der Waals surface area (Å²) in [6, 6.07) is 5.30. The zero-order valence-corrected chi connectivity index (χ0v) is 5.01. The number of rotatable bonds is 1. The molecule has 10 heavy (non-hydrogen) atoms. The number of hydrogen-bond donors (Lipinski definition) is 1. The minimum Gasteiger partial charge on any atom is -0.507 e. The van der Waals surface area contributed by atoms with Crippen LogP contribution >= 0.6 is 0 Å². The maximum absolute atomic E-state index is 11.8. The van der Waals surface area contributed by atoms with Gasteiger partial charge in [0.05, 0.1) is 5.56 Å². The molecule has 0 aliphatic carbocycles. The number of phenols is 1. The van der Waals surface area contributed by atoms with E-state index in [9.17, 15) is 8.78 Å². The van der Waals surface area contributed by atoms with Crippen molar-refractivity contribution in [1.29, 1.82) is 0 Å². The van der Waals surface area contributed by atoms with Crippen molar-refractivity contribution in [2.75, 3.05) is 0 Å². The number of para-hydroxylation sites is 1. The Balaban J connectivity index is 3.03. The van der Waals surface area contributed by atoms with Crippen LogP contribution in [0.3, 0.4) is 0 Å². The Morgan fingerprint density at radius 3 is 2.20 bits per heavy atom. The maximum Gasteiger partial charge on any atom is 0.343 e. The fourth-order valence-electron chi connectivity index (χ4n) is 0.633. The molecule has 1 radical (unpaired) electrons. The second-order valence-corrected chi connectivity index (χ2v) is 1.78. The van der Waals surface area contributed by atoms with Crippen LogP contribution in [-0.4, -0.2) is 5.11 Å². The van der Waals surface area contributed by atoms with Crippen LogP contribution in [-0.2, 0) is 0 Å². The fourth-order valence-corrected chi connectivity index (χ4v) is 0.633. The van der Waals surface area contributed by atoms with Crippen molar-refractivity contribution in [2.45, 2.75) is 0 Å². The third-order valence-corrected chi connectivity index (χ3v) is 1.11. The van der Waals surface area contributed by atoms with Crippen LogP contribution in [0.4, 0.5) is 8.78 Å². The highest BCUT2D eigenvalue weighted by Crippen LogP contribution is 2.25. The average molecular weight is 143 g/mol. The topological polar surface area (TPSA) is 20.2 Å². The molecule has 3 heteroatoms. The summed E-state index contributed by atoms with van der Waals surface area (Å²) in [6.45, 7) is 0. The molecule has 1 aromatic rings. The third-order valence-electron chi connectivity index (χ3n) is 1.11. The molecule has 0 aromatic heterocycles. The molecule has 1 rings (SSSR count). The van der Waals surface area contributed by atoms with Crippen LogP contribution in [0.25, 0.3) is 0 Å². The molecule has 53 valence electrons. The Hall–Kier alpha value is -1.12. The maximum atomic E-state index is 11.8. The van der Waals surface area contributed by atoms with Gasteiger partial charge in [-0.05, 0) is 12.1 Å². The predicted molar refractivity (Wildman–Crippen MR) is 32.7 cm³/mol. The minimum absolute atomic E-state index is 0.387. The molecule has 0 bridgehead atoms. The zero-order chi connectivity index (χ0) is 7.56. The molecule has 0 spiro atoms.